The number of fused-ring (bicyclic) bond motifs is 1. The van der Waals surface area contributed by atoms with Crippen LogP contribution >= 0.6 is 11.3 Å². The fraction of sp³-hybridized carbons (Fsp3) is 0.200. The maximum absolute atomic E-state index is 13.3. The van der Waals surface area contributed by atoms with Crippen LogP contribution in [0.2, 0.25) is 0 Å². The molecule has 21 heavy (non-hydrogen) atoms. The summed E-state index contributed by atoms with van der Waals surface area (Å²) in [7, 11) is 0. The number of hydrogen-bond donors (Lipinski definition) is 1. The number of amides is 1. The number of aryl methyl sites for hydroxylation is 1. The van der Waals surface area contributed by atoms with Gasteiger partial charge in [-0.05, 0) is 42.3 Å². The molecule has 0 fully saturated rings. The number of nitrogens with zero attached hydrogens (tertiary/aromatic N) is 1. The van der Waals surface area contributed by atoms with Crippen molar-refractivity contribution in [1.29, 1.82) is 0 Å². The highest BCUT2D eigenvalue weighted by Gasteiger charge is 2.25. The zero-order valence-electron chi connectivity index (χ0n) is 11.0. The van der Waals surface area contributed by atoms with Crippen LogP contribution in [0.15, 0.2) is 30.3 Å². The van der Waals surface area contributed by atoms with E-state index in [4.69, 9.17) is 5.11 Å². The van der Waals surface area contributed by atoms with E-state index < -0.39 is 5.97 Å². The van der Waals surface area contributed by atoms with Gasteiger partial charge in [-0.2, -0.15) is 0 Å². The van der Waals surface area contributed by atoms with Crippen LogP contribution in [-0.2, 0) is 17.8 Å². The number of halogens is 1. The molecule has 0 aliphatic carbocycles. The molecule has 0 spiro atoms. The van der Waals surface area contributed by atoms with Crippen molar-refractivity contribution in [2.45, 2.75) is 19.4 Å². The highest BCUT2D eigenvalue weighted by Crippen LogP contribution is 2.31. The normalized spacial score (nSPS) is 14.1. The number of carbonyl (C=O) groups is 2. The molecule has 2 aromatic rings. The summed E-state index contributed by atoms with van der Waals surface area (Å²) < 4.78 is 13.3. The van der Waals surface area contributed by atoms with Crippen LogP contribution in [0.3, 0.4) is 0 Å². The largest absolute Gasteiger partial charge is 0.477 e. The zero-order chi connectivity index (χ0) is 15.0. The lowest BCUT2D eigenvalue weighted by Crippen LogP contribution is -2.34. The Morgan fingerprint density at radius 2 is 2.10 bits per heavy atom. The van der Waals surface area contributed by atoms with Gasteiger partial charge >= 0.3 is 5.97 Å². The molecule has 1 aromatic heterocycles. The molecule has 1 aliphatic rings. The highest BCUT2D eigenvalue weighted by molar-refractivity contribution is 7.13. The molecule has 0 saturated carbocycles. The Labute approximate surface area is 124 Å². The number of hydrogen-bond acceptors (Lipinski definition) is 3. The van der Waals surface area contributed by atoms with Gasteiger partial charge in [-0.3, -0.25) is 4.79 Å². The Balaban J connectivity index is 1.90. The van der Waals surface area contributed by atoms with Crippen molar-refractivity contribution in [1.82, 2.24) is 0 Å². The number of benzene rings is 1. The first kappa shape index (κ1) is 13.8. The smallest absolute Gasteiger partial charge is 0.345 e. The van der Waals surface area contributed by atoms with E-state index >= 15 is 0 Å². The lowest BCUT2D eigenvalue weighted by molar-refractivity contribution is -0.119. The molecule has 0 radical (unpaired) electrons. The zero-order valence-corrected chi connectivity index (χ0v) is 11.8. The molecule has 108 valence electrons. The minimum absolute atomic E-state index is 0.0283. The number of anilines is 1. The first-order chi connectivity index (χ1) is 10.0. The Hall–Kier alpha value is -2.21. The van der Waals surface area contributed by atoms with Crippen molar-refractivity contribution < 1.29 is 19.1 Å². The Bertz CT molecular complexity index is 725. The van der Waals surface area contributed by atoms with Crippen LogP contribution in [0.5, 0.6) is 0 Å². The van der Waals surface area contributed by atoms with Gasteiger partial charge in [-0.1, -0.05) is 0 Å². The number of carbonyl (C=O) groups excluding carboxylic acids is 1. The monoisotopic (exact) mass is 305 g/mol. The van der Waals surface area contributed by atoms with Gasteiger partial charge in [0.2, 0.25) is 5.91 Å². The maximum Gasteiger partial charge on any atom is 0.345 e. The average molecular weight is 305 g/mol. The van der Waals surface area contributed by atoms with Gasteiger partial charge in [0.25, 0.3) is 0 Å². The van der Waals surface area contributed by atoms with E-state index in [9.17, 15) is 14.0 Å². The summed E-state index contributed by atoms with van der Waals surface area (Å²) in [5.74, 6) is -1.31. The fourth-order valence-corrected chi connectivity index (χ4v) is 3.27. The van der Waals surface area contributed by atoms with Crippen molar-refractivity contribution in [3.8, 4) is 0 Å². The first-order valence-corrected chi connectivity index (χ1v) is 7.27. The molecule has 0 atom stereocenters. The van der Waals surface area contributed by atoms with Gasteiger partial charge in [0.15, 0.2) is 0 Å². The number of carboxylic acids is 1. The molecule has 2 heterocycles. The van der Waals surface area contributed by atoms with E-state index in [1.807, 2.05) is 0 Å². The molecule has 1 amide bonds. The molecule has 6 heteroatoms. The van der Waals surface area contributed by atoms with Gasteiger partial charge in [-0.15, -0.1) is 11.3 Å². The van der Waals surface area contributed by atoms with E-state index in [1.165, 1.54) is 18.2 Å². The number of aromatic carboxylic acids is 1. The van der Waals surface area contributed by atoms with Gasteiger partial charge in [0, 0.05) is 17.0 Å². The molecule has 4 nitrogen and oxygen atoms in total. The minimum atomic E-state index is -0.973. The third-order valence-corrected chi connectivity index (χ3v) is 4.49. The Kier molecular flexibility index (Phi) is 3.47. The van der Waals surface area contributed by atoms with Crippen LogP contribution in [-0.4, -0.2) is 17.0 Å². The Morgan fingerprint density at radius 3 is 2.81 bits per heavy atom. The van der Waals surface area contributed by atoms with Crippen LogP contribution in [0.25, 0.3) is 0 Å². The molecular weight excluding hydrogens is 293 g/mol. The Morgan fingerprint density at radius 1 is 1.29 bits per heavy atom. The quantitative estimate of drug-likeness (QED) is 0.948. The summed E-state index contributed by atoms with van der Waals surface area (Å²) >= 11 is 1.15. The lowest BCUT2D eigenvalue weighted by atomic mass is 10.0. The summed E-state index contributed by atoms with van der Waals surface area (Å²) in [6, 6.07) is 7.63. The van der Waals surface area contributed by atoms with Gasteiger partial charge in [0.1, 0.15) is 10.7 Å². The molecule has 0 bridgehead atoms. The number of thiophene rings is 1. The van der Waals surface area contributed by atoms with Crippen molar-refractivity contribution in [2.24, 2.45) is 0 Å². The fourth-order valence-electron chi connectivity index (χ4n) is 2.44. The SMILES string of the molecule is O=C(O)c1ccc(CN2C(=O)CCc3cc(F)ccc32)s1. The molecule has 0 unspecified atom stereocenters. The molecule has 1 aromatic carbocycles. The predicted octanol–water partition coefficient (Wildman–Crippen LogP) is 3.06. The first-order valence-electron chi connectivity index (χ1n) is 6.45. The third kappa shape index (κ3) is 2.67. The van der Waals surface area contributed by atoms with Crippen LogP contribution in [0, 0.1) is 5.82 Å². The number of rotatable bonds is 3. The van der Waals surface area contributed by atoms with Gasteiger partial charge < -0.3 is 10.0 Å². The van der Waals surface area contributed by atoms with Crippen molar-refractivity contribution in [3.05, 3.63) is 51.5 Å². The van der Waals surface area contributed by atoms with E-state index in [0.717, 1.165) is 21.8 Å². The molecule has 1 aliphatic heterocycles. The summed E-state index contributed by atoms with van der Waals surface area (Å²) in [5, 5.41) is 8.93. The molecule has 1 N–H and O–H groups in total. The second kappa shape index (κ2) is 5.29. The van der Waals surface area contributed by atoms with E-state index in [2.05, 4.69) is 0 Å². The van der Waals surface area contributed by atoms with Crippen molar-refractivity contribution in [3.63, 3.8) is 0 Å². The van der Waals surface area contributed by atoms with Crippen molar-refractivity contribution in [2.75, 3.05) is 4.90 Å². The van der Waals surface area contributed by atoms with E-state index in [1.54, 1.807) is 17.0 Å². The molecular formula is C15H12FNO3S. The summed E-state index contributed by atoms with van der Waals surface area (Å²) in [4.78, 5) is 25.6. The second-order valence-electron chi connectivity index (χ2n) is 4.82. The van der Waals surface area contributed by atoms with Gasteiger partial charge in [0.05, 0.1) is 6.54 Å². The number of carboxylic acid groups (broad SMARTS) is 1. The van der Waals surface area contributed by atoms with E-state index in [0.29, 0.717) is 25.1 Å². The van der Waals surface area contributed by atoms with Crippen LogP contribution in [0.1, 0.15) is 26.5 Å². The van der Waals surface area contributed by atoms with Gasteiger partial charge in [-0.25, -0.2) is 9.18 Å². The second-order valence-corrected chi connectivity index (χ2v) is 5.99. The molecule has 3 rings (SSSR count). The summed E-state index contributed by atoms with van der Waals surface area (Å²) in [6.45, 7) is 0.315. The van der Waals surface area contributed by atoms with Crippen LogP contribution < -0.4 is 4.90 Å². The average Bonchev–Trinajstić information content (AvgIpc) is 2.91. The molecule has 0 saturated heterocycles. The summed E-state index contributed by atoms with van der Waals surface area (Å²) in [5.41, 5.74) is 1.52. The predicted molar refractivity (Wildman–Crippen MR) is 77.2 cm³/mol. The summed E-state index contributed by atoms with van der Waals surface area (Å²) in [6.07, 6.45) is 0.876. The topological polar surface area (TPSA) is 57.6 Å². The minimum Gasteiger partial charge on any atom is -0.477 e. The van der Waals surface area contributed by atoms with Crippen molar-refractivity contribution >= 4 is 28.9 Å². The maximum atomic E-state index is 13.3. The standard InChI is InChI=1S/C15H12FNO3S/c16-10-2-4-12-9(7-10)1-6-14(18)17(12)8-11-3-5-13(21-11)15(19)20/h2-5,7H,1,6,8H2,(H,19,20). The lowest BCUT2D eigenvalue weighted by Gasteiger charge is -2.29. The third-order valence-electron chi connectivity index (χ3n) is 3.43. The van der Waals surface area contributed by atoms with E-state index in [-0.39, 0.29) is 16.6 Å². The highest BCUT2D eigenvalue weighted by atomic mass is 32.1. The van der Waals surface area contributed by atoms with Crippen LogP contribution in [0.4, 0.5) is 10.1 Å².